The number of ketones is 1. The van der Waals surface area contributed by atoms with Crippen LogP contribution in [0.5, 0.6) is 0 Å². The highest BCUT2D eigenvalue weighted by Gasteiger charge is 2.55. The van der Waals surface area contributed by atoms with Crippen molar-refractivity contribution in [1.29, 1.82) is 0 Å². The number of rotatable bonds is 2. The maximum absolute atomic E-state index is 12.9. The van der Waals surface area contributed by atoms with Crippen LogP contribution in [0.15, 0.2) is 12.2 Å². The van der Waals surface area contributed by atoms with Crippen LogP contribution in [0.4, 0.5) is 0 Å². The highest BCUT2D eigenvalue weighted by molar-refractivity contribution is 6.86. The number of hydrogen-bond acceptors (Lipinski definition) is 2. The molecule has 1 aliphatic rings. The Balaban J connectivity index is 3.40. The van der Waals surface area contributed by atoms with Gasteiger partial charge in [-0.2, -0.15) is 0 Å². The normalized spacial score (nSPS) is 28.2. The molecule has 1 unspecified atom stereocenters. The minimum atomic E-state index is -1.94. The van der Waals surface area contributed by atoms with Gasteiger partial charge in [-0.05, 0) is 22.0 Å². The number of aliphatic hydroxyl groups excluding tert-OH is 1. The van der Waals surface area contributed by atoms with E-state index in [1.165, 1.54) is 0 Å². The van der Waals surface area contributed by atoms with E-state index in [4.69, 9.17) is 0 Å². The van der Waals surface area contributed by atoms with Gasteiger partial charge in [0, 0.05) is 5.54 Å². The second-order valence-corrected chi connectivity index (χ2v) is 21.8. The first-order valence-electron chi connectivity index (χ1n) is 8.86. The third kappa shape index (κ3) is 3.45. The van der Waals surface area contributed by atoms with Gasteiger partial charge in [0.2, 0.25) is 0 Å². The van der Waals surface area contributed by atoms with Crippen molar-refractivity contribution in [2.24, 2.45) is 0 Å². The van der Waals surface area contributed by atoms with E-state index in [0.717, 1.165) is 5.57 Å². The molecule has 1 aliphatic carbocycles. The van der Waals surface area contributed by atoms with Crippen molar-refractivity contribution in [3.8, 4) is 0 Å². The number of carbonyl (C=O) groups is 1. The fraction of sp³-hybridized carbons (Fsp3) is 0.842. The van der Waals surface area contributed by atoms with Crippen molar-refractivity contribution in [3.05, 3.63) is 12.2 Å². The molecule has 0 aromatic carbocycles. The smallest absolute Gasteiger partial charge is 0.165 e. The zero-order chi connectivity index (χ0) is 18.6. The van der Waals surface area contributed by atoms with Crippen LogP contribution in [-0.4, -0.2) is 33.1 Å². The lowest BCUT2D eigenvalue weighted by atomic mass is 9.91. The summed E-state index contributed by atoms with van der Waals surface area (Å²) in [5.41, 5.74) is 1.33. The molecule has 1 fully saturated rings. The molecule has 0 radical (unpaired) electrons. The standard InChI is InChI=1S/C19H38O2Si2/c1-13-15(22(8,9)18(2,3)4)12-14(20)16(21)17(13)23(10,11)19(5,6)7/h14-15,17,20H,1,12H2,2-11H3/t14?,15-,17-/m1/s1. The highest BCUT2D eigenvalue weighted by atomic mass is 28.3. The topological polar surface area (TPSA) is 37.3 Å². The van der Waals surface area contributed by atoms with Gasteiger partial charge in [-0.1, -0.05) is 79.9 Å². The predicted octanol–water partition coefficient (Wildman–Crippen LogP) is 5.63. The Labute approximate surface area is 145 Å². The van der Waals surface area contributed by atoms with Crippen LogP contribution in [-0.2, 0) is 4.79 Å². The predicted molar refractivity (Wildman–Crippen MR) is 107 cm³/mol. The largest absolute Gasteiger partial charge is 0.385 e. The summed E-state index contributed by atoms with van der Waals surface area (Å²) in [5, 5.41) is 10.9. The second kappa shape index (κ2) is 5.96. The summed E-state index contributed by atoms with van der Waals surface area (Å²) >= 11 is 0. The summed E-state index contributed by atoms with van der Waals surface area (Å²) in [7, 11) is -3.65. The van der Waals surface area contributed by atoms with E-state index in [9.17, 15) is 9.90 Å². The van der Waals surface area contributed by atoms with Crippen LogP contribution in [0.1, 0.15) is 48.0 Å². The first kappa shape index (κ1) is 20.8. The molecule has 0 spiro atoms. The van der Waals surface area contributed by atoms with Gasteiger partial charge in [0.15, 0.2) is 5.78 Å². The van der Waals surface area contributed by atoms with Crippen molar-refractivity contribution in [1.82, 2.24) is 0 Å². The van der Waals surface area contributed by atoms with Crippen molar-refractivity contribution in [2.45, 2.75) is 101 Å². The van der Waals surface area contributed by atoms with Crippen molar-refractivity contribution in [2.75, 3.05) is 0 Å². The first-order valence-corrected chi connectivity index (χ1v) is 15.0. The summed E-state index contributed by atoms with van der Waals surface area (Å²) < 4.78 is 0. The van der Waals surface area contributed by atoms with E-state index in [1.54, 1.807) is 0 Å². The summed E-state index contributed by atoms with van der Waals surface area (Å²) in [5.74, 6) is 0.0385. The van der Waals surface area contributed by atoms with E-state index < -0.39 is 22.3 Å². The van der Waals surface area contributed by atoms with Gasteiger partial charge in [-0.3, -0.25) is 4.79 Å². The molecule has 1 rings (SSSR count). The molecular formula is C19H38O2Si2. The van der Waals surface area contributed by atoms with E-state index in [-0.39, 0.29) is 21.4 Å². The summed E-state index contributed by atoms with van der Waals surface area (Å²) in [6, 6.07) is 0. The van der Waals surface area contributed by atoms with Crippen molar-refractivity contribution < 1.29 is 9.90 Å². The SMILES string of the molecule is C=C1[C@@H]([Si](C)(C)C(C)(C)C)C(=O)C(O)C[C@H]1[Si](C)(C)C(C)(C)C. The molecule has 23 heavy (non-hydrogen) atoms. The highest BCUT2D eigenvalue weighted by Crippen LogP contribution is 2.57. The van der Waals surface area contributed by atoms with Crippen LogP contribution in [0.3, 0.4) is 0 Å². The molecule has 0 bridgehead atoms. The monoisotopic (exact) mass is 354 g/mol. The molecule has 0 amide bonds. The maximum atomic E-state index is 12.9. The lowest BCUT2D eigenvalue weighted by Gasteiger charge is -2.53. The molecule has 3 atom stereocenters. The van der Waals surface area contributed by atoms with Crippen LogP contribution in [0.25, 0.3) is 0 Å². The van der Waals surface area contributed by atoms with Gasteiger partial charge in [0.1, 0.15) is 6.10 Å². The van der Waals surface area contributed by atoms with Gasteiger partial charge in [0.05, 0.1) is 16.1 Å². The lowest BCUT2D eigenvalue weighted by molar-refractivity contribution is -0.128. The average Bonchev–Trinajstić information content (AvgIpc) is 2.30. The Kier molecular flexibility index (Phi) is 5.40. The molecule has 134 valence electrons. The van der Waals surface area contributed by atoms with E-state index in [2.05, 4.69) is 74.3 Å². The second-order valence-electron chi connectivity index (χ2n) is 10.7. The third-order valence-electron chi connectivity index (χ3n) is 7.35. The fourth-order valence-electron chi connectivity index (χ4n) is 3.60. The number of allylic oxidation sites excluding steroid dienone is 1. The quantitative estimate of drug-likeness (QED) is 0.515. The summed E-state index contributed by atoms with van der Waals surface area (Å²) in [6.07, 6.45) is -0.224. The number of hydrogen-bond donors (Lipinski definition) is 1. The minimum Gasteiger partial charge on any atom is -0.385 e. The molecule has 0 heterocycles. The molecule has 0 aromatic heterocycles. The lowest BCUT2D eigenvalue weighted by Crippen LogP contribution is -2.55. The molecule has 2 nitrogen and oxygen atoms in total. The van der Waals surface area contributed by atoms with Crippen LogP contribution in [0.2, 0.25) is 47.3 Å². The molecule has 0 aliphatic heterocycles. The van der Waals surface area contributed by atoms with Gasteiger partial charge in [-0.15, -0.1) is 0 Å². The number of Topliss-reactive ketones (excluding diaryl/α,β-unsaturated/α-hetero) is 1. The van der Waals surface area contributed by atoms with Crippen LogP contribution >= 0.6 is 0 Å². The molecule has 0 aromatic rings. The molecule has 0 saturated heterocycles. The maximum Gasteiger partial charge on any atom is 0.165 e. The summed E-state index contributed by atoms with van der Waals surface area (Å²) in [4.78, 5) is 12.9. The fourth-order valence-corrected chi connectivity index (χ4v) is 9.62. The van der Waals surface area contributed by atoms with Crippen LogP contribution in [0, 0.1) is 0 Å². The first-order chi connectivity index (χ1) is 9.96. The Morgan fingerprint density at radius 1 is 0.957 bits per heavy atom. The number of aliphatic hydroxyl groups is 1. The van der Waals surface area contributed by atoms with Gasteiger partial charge in [0.25, 0.3) is 0 Å². The Bertz CT molecular complexity index is 492. The number of carbonyl (C=O) groups excluding carboxylic acids is 1. The third-order valence-corrected chi connectivity index (χ3v) is 19.5. The molecule has 4 heteroatoms. The Hall–Kier alpha value is -0.196. The van der Waals surface area contributed by atoms with Crippen LogP contribution < -0.4 is 0 Å². The zero-order valence-electron chi connectivity index (χ0n) is 17.0. The average molecular weight is 355 g/mol. The Morgan fingerprint density at radius 2 is 1.35 bits per heavy atom. The summed E-state index contributed by atoms with van der Waals surface area (Å²) in [6.45, 7) is 27.5. The zero-order valence-corrected chi connectivity index (χ0v) is 19.0. The Morgan fingerprint density at radius 3 is 1.70 bits per heavy atom. The molecular weight excluding hydrogens is 316 g/mol. The molecule has 1 N–H and O–H groups in total. The van der Waals surface area contributed by atoms with Crippen molar-refractivity contribution >= 4 is 21.9 Å². The van der Waals surface area contributed by atoms with Crippen molar-refractivity contribution in [3.63, 3.8) is 0 Å². The van der Waals surface area contributed by atoms with E-state index >= 15 is 0 Å². The van der Waals surface area contributed by atoms with Gasteiger partial charge >= 0.3 is 0 Å². The van der Waals surface area contributed by atoms with E-state index in [1.807, 2.05) is 0 Å². The minimum absolute atomic E-state index is 0.0385. The van der Waals surface area contributed by atoms with E-state index in [0.29, 0.717) is 12.0 Å². The molecule has 1 saturated carbocycles. The van der Waals surface area contributed by atoms with Gasteiger partial charge < -0.3 is 5.11 Å². The van der Waals surface area contributed by atoms with Gasteiger partial charge in [-0.25, -0.2) is 0 Å².